The van der Waals surface area contributed by atoms with Crippen molar-refractivity contribution in [1.29, 1.82) is 0 Å². The van der Waals surface area contributed by atoms with E-state index >= 15 is 0 Å². The van der Waals surface area contributed by atoms with Gasteiger partial charge in [0.05, 0.1) is 18.6 Å². The minimum atomic E-state index is -0.0370. The number of nitrogens with zero attached hydrogens (tertiary/aromatic N) is 1. The molecule has 2 aromatic rings. The highest BCUT2D eigenvalue weighted by atomic mass is 16.5. The van der Waals surface area contributed by atoms with E-state index in [0.29, 0.717) is 6.54 Å². The molecule has 1 aromatic heterocycles. The van der Waals surface area contributed by atoms with Crippen molar-refractivity contribution in [2.24, 2.45) is 0 Å². The first-order valence-electron chi connectivity index (χ1n) is 6.56. The van der Waals surface area contributed by atoms with Gasteiger partial charge in [0, 0.05) is 19.2 Å². The van der Waals surface area contributed by atoms with E-state index in [0.717, 1.165) is 11.1 Å². The van der Waals surface area contributed by atoms with Crippen molar-refractivity contribution in [1.82, 2.24) is 4.90 Å². The lowest BCUT2D eigenvalue weighted by Crippen LogP contribution is -2.35. The standard InChI is InChI=1S/C16H19NO3/c1-13(15-6-4-3-5-7-15)17(16(18)12-19-2)10-14-8-9-20-11-14/h3-9,11,13H,10,12H2,1-2H3. The zero-order valence-corrected chi connectivity index (χ0v) is 11.8. The van der Waals surface area contributed by atoms with E-state index < -0.39 is 0 Å². The maximum Gasteiger partial charge on any atom is 0.249 e. The molecule has 1 unspecified atom stereocenters. The molecule has 0 saturated carbocycles. The Morgan fingerprint density at radius 3 is 2.65 bits per heavy atom. The van der Waals surface area contributed by atoms with Crippen LogP contribution in [0, 0.1) is 0 Å². The summed E-state index contributed by atoms with van der Waals surface area (Å²) in [6.45, 7) is 2.60. The fourth-order valence-corrected chi connectivity index (χ4v) is 2.14. The van der Waals surface area contributed by atoms with Crippen molar-refractivity contribution in [3.63, 3.8) is 0 Å². The van der Waals surface area contributed by atoms with E-state index in [4.69, 9.17) is 9.15 Å². The molecule has 0 aliphatic heterocycles. The van der Waals surface area contributed by atoms with Gasteiger partial charge in [-0.3, -0.25) is 4.79 Å². The molecule has 20 heavy (non-hydrogen) atoms. The number of carbonyl (C=O) groups is 1. The topological polar surface area (TPSA) is 42.7 Å². The highest BCUT2D eigenvalue weighted by Gasteiger charge is 2.21. The van der Waals surface area contributed by atoms with Crippen LogP contribution >= 0.6 is 0 Å². The van der Waals surface area contributed by atoms with Gasteiger partial charge in [0.15, 0.2) is 0 Å². The number of furan rings is 1. The molecule has 0 N–H and O–H groups in total. The zero-order chi connectivity index (χ0) is 14.4. The summed E-state index contributed by atoms with van der Waals surface area (Å²) >= 11 is 0. The summed E-state index contributed by atoms with van der Waals surface area (Å²) in [5.74, 6) is -0.0370. The number of carbonyl (C=O) groups excluding carboxylic acids is 1. The van der Waals surface area contributed by atoms with E-state index in [1.807, 2.05) is 43.3 Å². The van der Waals surface area contributed by atoms with Gasteiger partial charge in [-0.25, -0.2) is 0 Å². The van der Waals surface area contributed by atoms with Crippen LogP contribution in [0.25, 0.3) is 0 Å². The smallest absolute Gasteiger partial charge is 0.249 e. The van der Waals surface area contributed by atoms with Crippen LogP contribution < -0.4 is 0 Å². The third-order valence-electron chi connectivity index (χ3n) is 3.27. The largest absolute Gasteiger partial charge is 0.472 e. The second kappa shape index (κ2) is 6.91. The third kappa shape index (κ3) is 3.48. The monoisotopic (exact) mass is 273 g/mol. The van der Waals surface area contributed by atoms with Gasteiger partial charge in [-0.1, -0.05) is 30.3 Å². The molecule has 4 nitrogen and oxygen atoms in total. The molecule has 2 rings (SSSR count). The molecule has 1 amide bonds. The van der Waals surface area contributed by atoms with Gasteiger partial charge in [0.1, 0.15) is 6.61 Å². The van der Waals surface area contributed by atoms with Crippen LogP contribution in [0.3, 0.4) is 0 Å². The van der Waals surface area contributed by atoms with E-state index in [-0.39, 0.29) is 18.6 Å². The lowest BCUT2D eigenvalue weighted by Gasteiger charge is -2.29. The normalized spacial score (nSPS) is 12.1. The Hall–Kier alpha value is -2.07. The zero-order valence-electron chi connectivity index (χ0n) is 11.8. The SMILES string of the molecule is COCC(=O)N(Cc1ccoc1)C(C)c1ccccc1. The van der Waals surface area contributed by atoms with Crippen LogP contribution in [-0.2, 0) is 16.1 Å². The molecule has 0 aliphatic rings. The Bertz CT molecular complexity index is 522. The molecule has 1 heterocycles. The van der Waals surface area contributed by atoms with Crippen LogP contribution in [0.5, 0.6) is 0 Å². The average Bonchev–Trinajstić information content (AvgIpc) is 2.98. The minimum Gasteiger partial charge on any atom is -0.472 e. The number of ether oxygens (including phenoxy) is 1. The molecule has 1 aromatic carbocycles. The van der Waals surface area contributed by atoms with E-state index in [9.17, 15) is 4.79 Å². The Morgan fingerprint density at radius 2 is 2.05 bits per heavy atom. The summed E-state index contributed by atoms with van der Waals surface area (Å²) in [5.41, 5.74) is 2.07. The number of amides is 1. The summed E-state index contributed by atoms with van der Waals surface area (Å²) < 4.78 is 10.0. The van der Waals surface area contributed by atoms with Crippen molar-refractivity contribution in [2.45, 2.75) is 19.5 Å². The predicted octanol–water partition coefficient (Wildman–Crippen LogP) is 3.02. The fourth-order valence-electron chi connectivity index (χ4n) is 2.14. The number of rotatable bonds is 6. The Morgan fingerprint density at radius 1 is 1.30 bits per heavy atom. The first-order valence-corrected chi connectivity index (χ1v) is 6.56. The van der Waals surface area contributed by atoms with E-state index in [2.05, 4.69) is 0 Å². The Labute approximate surface area is 119 Å². The lowest BCUT2D eigenvalue weighted by atomic mass is 10.1. The molecule has 0 fully saturated rings. The van der Waals surface area contributed by atoms with E-state index in [1.54, 1.807) is 17.4 Å². The highest BCUT2D eigenvalue weighted by Crippen LogP contribution is 2.22. The van der Waals surface area contributed by atoms with Crippen molar-refractivity contribution in [3.8, 4) is 0 Å². The Kier molecular flexibility index (Phi) is 4.96. The lowest BCUT2D eigenvalue weighted by molar-refractivity contribution is -0.138. The minimum absolute atomic E-state index is 0.0197. The maximum atomic E-state index is 12.3. The summed E-state index contributed by atoms with van der Waals surface area (Å²) in [4.78, 5) is 14.0. The van der Waals surface area contributed by atoms with Crippen LogP contribution in [0.15, 0.2) is 53.3 Å². The average molecular weight is 273 g/mol. The molecule has 0 spiro atoms. The number of hydrogen-bond acceptors (Lipinski definition) is 3. The van der Waals surface area contributed by atoms with Crippen molar-refractivity contribution in [3.05, 3.63) is 60.1 Å². The highest BCUT2D eigenvalue weighted by molar-refractivity contribution is 5.78. The van der Waals surface area contributed by atoms with Gasteiger partial charge >= 0.3 is 0 Å². The molecular weight excluding hydrogens is 254 g/mol. The fraction of sp³-hybridized carbons (Fsp3) is 0.312. The third-order valence-corrected chi connectivity index (χ3v) is 3.27. The first kappa shape index (κ1) is 14.3. The van der Waals surface area contributed by atoms with Crippen molar-refractivity contribution < 1.29 is 13.9 Å². The summed E-state index contributed by atoms with van der Waals surface area (Å²) in [7, 11) is 1.53. The van der Waals surface area contributed by atoms with Crippen LogP contribution in [-0.4, -0.2) is 24.5 Å². The summed E-state index contributed by atoms with van der Waals surface area (Å²) in [5, 5.41) is 0. The van der Waals surface area contributed by atoms with Crippen molar-refractivity contribution in [2.75, 3.05) is 13.7 Å². The van der Waals surface area contributed by atoms with Crippen molar-refractivity contribution >= 4 is 5.91 Å². The molecule has 4 heteroatoms. The number of methoxy groups -OCH3 is 1. The van der Waals surface area contributed by atoms with Gasteiger partial charge in [-0.05, 0) is 18.6 Å². The molecule has 1 atom stereocenters. The van der Waals surface area contributed by atoms with Crippen LogP contribution in [0.2, 0.25) is 0 Å². The van der Waals surface area contributed by atoms with Gasteiger partial charge in [-0.15, -0.1) is 0 Å². The molecular formula is C16H19NO3. The molecule has 106 valence electrons. The van der Waals surface area contributed by atoms with Crippen LogP contribution in [0.1, 0.15) is 24.1 Å². The second-order valence-electron chi connectivity index (χ2n) is 4.67. The molecule has 0 bridgehead atoms. The molecule has 0 saturated heterocycles. The molecule has 0 aliphatic carbocycles. The van der Waals surface area contributed by atoms with Gasteiger partial charge < -0.3 is 14.1 Å². The summed E-state index contributed by atoms with van der Waals surface area (Å²) in [6.07, 6.45) is 3.27. The maximum absolute atomic E-state index is 12.3. The summed E-state index contributed by atoms with van der Waals surface area (Å²) in [6, 6.07) is 11.8. The first-order chi connectivity index (χ1) is 9.72. The van der Waals surface area contributed by atoms with Gasteiger partial charge in [0.2, 0.25) is 5.91 Å². The second-order valence-corrected chi connectivity index (χ2v) is 4.67. The number of hydrogen-bond donors (Lipinski definition) is 0. The van der Waals surface area contributed by atoms with Gasteiger partial charge in [0.25, 0.3) is 0 Å². The predicted molar refractivity (Wildman–Crippen MR) is 76.0 cm³/mol. The van der Waals surface area contributed by atoms with Crippen LogP contribution in [0.4, 0.5) is 0 Å². The Balaban J connectivity index is 2.19. The molecule has 0 radical (unpaired) electrons. The quantitative estimate of drug-likeness (QED) is 0.812. The number of benzene rings is 1. The van der Waals surface area contributed by atoms with E-state index in [1.165, 1.54) is 7.11 Å². The van der Waals surface area contributed by atoms with Gasteiger partial charge in [-0.2, -0.15) is 0 Å².